The van der Waals surface area contributed by atoms with Gasteiger partial charge in [0, 0.05) is 63.9 Å². The summed E-state index contributed by atoms with van der Waals surface area (Å²) in [5, 5.41) is 3.33. The number of hydrogen-bond acceptors (Lipinski definition) is 4. The molecule has 158 valence electrons. The zero-order valence-electron chi connectivity index (χ0n) is 16.8. The lowest BCUT2D eigenvalue weighted by Crippen LogP contribution is -2.41. The first-order valence-electron chi connectivity index (χ1n) is 10.2. The van der Waals surface area contributed by atoms with Gasteiger partial charge in [0.05, 0.1) is 5.56 Å². The average Bonchev–Trinajstić information content (AvgIpc) is 2.71. The lowest BCUT2D eigenvalue weighted by Gasteiger charge is -2.31. The van der Waals surface area contributed by atoms with Crippen LogP contribution in [0.25, 0.3) is 0 Å². The number of piperidine rings is 2. The Morgan fingerprint density at radius 2 is 1.97 bits per heavy atom. The molecule has 0 atom stereocenters. The lowest BCUT2D eigenvalue weighted by molar-refractivity contribution is -0.133. The number of carbonyl (C=O) groups is 3. The highest BCUT2D eigenvalue weighted by molar-refractivity contribution is 6.31. The third kappa shape index (κ3) is 5.85. The lowest BCUT2D eigenvalue weighted by atomic mass is 10.1. The zero-order chi connectivity index (χ0) is 20.8. The van der Waals surface area contributed by atoms with Gasteiger partial charge < -0.3 is 19.9 Å². The first kappa shape index (κ1) is 21.4. The highest BCUT2D eigenvalue weighted by Gasteiger charge is 2.24. The van der Waals surface area contributed by atoms with Crippen molar-refractivity contribution in [2.45, 2.75) is 45.1 Å². The van der Waals surface area contributed by atoms with Gasteiger partial charge >= 0.3 is 0 Å². The van der Waals surface area contributed by atoms with Gasteiger partial charge in [-0.2, -0.15) is 0 Å². The molecule has 0 spiro atoms. The van der Waals surface area contributed by atoms with Gasteiger partial charge in [-0.1, -0.05) is 11.6 Å². The molecular weight excluding hydrogens is 394 g/mol. The number of nitrogens with zero attached hydrogens (tertiary/aromatic N) is 2. The molecule has 8 heteroatoms. The maximum atomic E-state index is 12.7. The van der Waals surface area contributed by atoms with E-state index in [9.17, 15) is 14.4 Å². The first-order valence-corrected chi connectivity index (χ1v) is 10.6. The van der Waals surface area contributed by atoms with Gasteiger partial charge in [-0.15, -0.1) is 0 Å². The fourth-order valence-electron chi connectivity index (χ4n) is 3.75. The summed E-state index contributed by atoms with van der Waals surface area (Å²) < 4.78 is 6.08. The number of nitrogens with one attached hydrogen (secondary N) is 1. The second kappa shape index (κ2) is 9.96. The summed E-state index contributed by atoms with van der Waals surface area (Å²) >= 11 is 6.10. The minimum Gasteiger partial charge on any atom is -0.489 e. The predicted octanol–water partition coefficient (Wildman–Crippen LogP) is 2.47. The van der Waals surface area contributed by atoms with Crippen molar-refractivity contribution in [1.29, 1.82) is 0 Å². The average molecular weight is 422 g/mol. The van der Waals surface area contributed by atoms with Gasteiger partial charge in [0.25, 0.3) is 5.91 Å². The molecule has 2 saturated heterocycles. The van der Waals surface area contributed by atoms with Crippen LogP contribution in [0.1, 0.15) is 49.4 Å². The topological polar surface area (TPSA) is 79.0 Å². The maximum absolute atomic E-state index is 12.7. The molecule has 0 saturated carbocycles. The Balaban J connectivity index is 1.57. The van der Waals surface area contributed by atoms with Crippen molar-refractivity contribution in [1.82, 2.24) is 15.1 Å². The van der Waals surface area contributed by atoms with E-state index >= 15 is 0 Å². The van der Waals surface area contributed by atoms with E-state index in [0.717, 1.165) is 32.2 Å². The zero-order valence-corrected chi connectivity index (χ0v) is 17.5. The molecule has 7 nitrogen and oxygen atoms in total. The molecule has 0 aromatic heterocycles. The van der Waals surface area contributed by atoms with Gasteiger partial charge in [-0.05, 0) is 31.0 Å². The normalized spacial score (nSPS) is 17.9. The van der Waals surface area contributed by atoms with Crippen molar-refractivity contribution in [2.75, 3.05) is 32.7 Å². The van der Waals surface area contributed by atoms with E-state index in [1.807, 2.05) is 0 Å². The van der Waals surface area contributed by atoms with Gasteiger partial charge in [-0.3, -0.25) is 14.4 Å². The molecule has 2 aliphatic rings. The second-order valence-corrected chi connectivity index (χ2v) is 7.99. The molecule has 29 heavy (non-hydrogen) atoms. The highest BCUT2D eigenvalue weighted by Crippen LogP contribution is 2.26. The smallest absolute Gasteiger partial charge is 0.255 e. The van der Waals surface area contributed by atoms with Crippen LogP contribution in [0.4, 0.5) is 0 Å². The van der Waals surface area contributed by atoms with Crippen LogP contribution < -0.4 is 10.1 Å². The number of carbonyl (C=O) groups excluding carboxylic acids is 3. The van der Waals surface area contributed by atoms with Crippen LogP contribution in [-0.2, 0) is 9.59 Å². The van der Waals surface area contributed by atoms with E-state index < -0.39 is 0 Å². The molecule has 0 bridgehead atoms. The Bertz CT molecular complexity index is 762. The molecule has 3 rings (SSSR count). The molecule has 1 N–H and O–H groups in total. The van der Waals surface area contributed by atoms with E-state index in [-0.39, 0.29) is 23.8 Å². The number of rotatable bonds is 6. The molecule has 3 amide bonds. The van der Waals surface area contributed by atoms with Crippen molar-refractivity contribution >= 4 is 29.3 Å². The van der Waals surface area contributed by atoms with E-state index in [1.54, 1.807) is 34.9 Å². The van der Waals surface area contributed by atoms with Crippen molar-refractivity contribution < 1.29 is 19.1 Å². The van der Waals surface area contributed by atoms with Crippen LogP contribution in [0.2, 0.25) is 5.02 Å². The van der Waals surface area contributed by atoms with Crippen molar-refractivity contribution in [3.63, 3.8) is 0 Å². The molecule has 0 aliphatic carbocycles. The number of benzene rings is 1. The van der Waals surface area contributed by atoms with E-state index in [2.05, 4.69) is 5.32 Å². The largest absolute Gasteiger partial charge is 0.489 e. The third-order valence-corrected chi connectivity index (χ3v) is 5.69. The Labute approximate surface area is 176 Å². The Morgan fingerprint density at radius 3 is 2.66 bits per heavy atom. The maximum Gasteiger partial charge on any atom is 0.255 e. The van der Waals surface area contributed by atoms with Crippen LogP contribution in [0.5, 0.6) is 5.75 Å². The molecule has 0 radical (unpaired) electrons. The Hall–Kier alpha value is -2.28. The number of amides is 3. The van der Waals surface area contributed by atoms with Crippen molar-refractivity contribution in [2.24, 2.45) is 0 Å². The Morgan fingerprint density at radius 1 is 1.21 bits per heavy atom. The minimum atomic E-state index is -0.270. The SMILES string of the molecule is CC(=O)N1CCC(Oc2ccc(Cl)cc2C(=O)NCCN2CCCCC2=O)CC1. The fraction of sp³-hybridized carbons (Fsp3) is 0.571. The van der Waals surface area contributed by atoms with Crippen LogP contribution in [-0.4, -0.2) is 66.3 Å². The quantitative estimate of drug-likeness (QED) is 0.765. The van der Waals surface area contributed by atoms with E-state index in [0.29, 0.717) is 48.9 Å². The molecule has 1 aromatic rings. The van der Waals surface area contributed by atoms with Gasteiger partial charge in [0.15, 0.2) is 0 Å². The van der Waals surface area contributed by atoms with Crippen molar-refractivity contribution in [3.8, 4) is 5.75 Å². The standard InChI is InChI=1S/C21H28ClN3O4/c1-15(26)24-11-7-17(8-12-24)29-19-6-5-16(22)14-18(19)21(28)23-9-13-25-10-3-2-4-20(25)27/h5-6,14,17H,2-4,7-13H2,1H3,(H,23,28). The molecular formula is C21H28ClN3O4. The number of halogens is 1. The number of ether oxygens (including phenoxy) is 1. The molecule has 1 aromatic carbocycles. The summed E-state index contributed by atoms with van der Waals surface area (Å²) in [6, 6.07) is 5.01. The second-order valence-electron chi connectivity index (χ2n) is 7.56. The number of likely N-dealkylation sites (tertiary alicyclic amines) is 2. The van der Waals surface area contributed by atoms with Crippen LogP contribution >= 0.6 is 11.6 Å². The minimum absolute atomic E-state index is 0.0516. The third-order valence-electron chi connectivity index (χ3n) is 5.46. The van der Waals surface area contributed by atoms with Crippen LogP contribution in [0.15, 0.2) is 18.2 Å². The molecule has 0 unspecified atom stereocenters. The van der Waals surface area contributed by atoms with E-state index in [1.165, 1.54) is 0 Å². The molecule has 2 aliphatic heterocycles. The highest BCUT2D eigenvalue weighted by atomic mass is 35.5. The summed E-state index contributed by atoms with van der Waals surface area (Å²) in [6.07, 6.45) is 3.93. The van der Waals surface area contributed by atoms with Gasteiger partial charge in [0.2, 0.25) is 11.8 Å². The predicted molar refractivity (Wildman–Crippen MR) is 110 cm³/mol. The monoisotopic (exact) mass is 421 g/mol. The van der Waals surface area contributed by atoms with Crippen LogP contribution in [0, 0.1) is 0 Å². The first-order chi connectivity index (χ1) is 13.9. The fourth-order valence-corrected chi connectivity index (χ4v) is 3.92. The summed E-state index contributed by atoms with van der Waals surface area (Å²) in [5.74, 6) is 0.437. The summed E-state index contributed by atoms with van der Waals surface area (Å²) in [4.78, 5) is 39.7. The number of hydrogen-bond donors (Lipinski definition) is 1. The van der Waals surface area contributed by atoms with E-state index in [4.69, 9.17) is 16.3 Å². The Kier molecular flexibility index (Phi) is 7.36. The summed E-state index contributed by atoms with van der Waals surface area (Å²) in [7, 11) is 0. The van der Waals surface area contributed by atoms with Crippen LogP contribution in [0.3, 0.4) is 0 Å². The van der Waals surface area contributed by atoms with Gasteiger partial charge in [0.1, 0.15) is 11.9 Å². The summed E-state index contributed by atoms with van der Waals surface area (Å²) in [6.45, 7) is 4.51. The molecule has 2 heterocycles. The summed E-state index contributed by atoms with van der Waals surface area (Å²) in [5.41, 5.74) is 0.386. The van der Waals surface area contributed by atoms with Gasteiger partial charge in [-0.25, -0.2) is 0 Å². The van der Waals surface area contributed by atoms with Crippen molar-refractivity contribution in [3.05, 3.63) is 28.8 Å². The molecule has 2 fully saturated rings.